The van der Waals surface area contributed by atoms with Gasteiger partial charge < -0.3 is 15.6 Å². The Morgan fingerprint density at radius 2 is 2.00 bits per heavy atom. The Morgan fingerprint density at radius 3 is 2.63 bits per heavy atom. The van der Waals surface area contributed by atoms with Crippen molar-refractivity contribution in [2.75, 3.05) is 5.73 Å². The molecule has 19 heavy (non-hydrogen) atoms. The number of nitrogen functional groups attached to an aromatic ring is 1. The van der Waals surface area contributed by atoms with Gasteiger partial charge in [-0.05, 0) is 24.3 Å². The fourth-order valence-electron chi connectivity index (χ4n) is 1.57. The van der Waals surface area contributed by atoms with Gasteiger partial charge in [0.25, 0.3) is 0 Å². The van der Waals surface area contributed by atoms with Crippen LogP contribution in [-0.2, 0) is 0 Å². The average Bonchev–Trinajstić information content (AvgIpc) is 2.39. The normalized spacial score (nSPS) is 9.63. The molecule has 0 aromatic heterocycles. The summed E-state index contributed by atoms with van der Waals surface area (Å²) >= 11 is 0. The van der Waals surface area contributed by atoms with Crippen LogP contribution >= 0.6 is 0 Å². The molecule has 0 amide bonds. The second-order valence-corrected chi connectivity index (χ2v) is 3.76. The van der Waals surface area contributed by atoms with Gasteiger partial charge in [-0.2, -0.15) is 5.26 Å². The van der Waals surface area contributed by atoms with Crippen LogP contribution in [0.1, 0.15) is 15.9 Å². The molecular formula is C14H10N2O3. The summed E-state index contributed by atoms with van der Waals surface area (Å²) in [6.45, 7) is 0. The first-order chi connectivity index (χ1) is 9.11. The maximum Gasteiger partial charge on any atom is 0.337 e. The van der Waals surface area contributed by atoms with Crippen LogP contribution in [0.4, 0.5) is 5.69 Å². The lowest BCUT2D eigenvalue weighted by Crippen LogP contribution is -2.02. The largest absolute Gasteiger partial charge is 0.478 e. The van der Waals surface area contributed by atoms with Crippen molar-refractivity contribution < 1.29 is 14.6 Å². The van der Waals surface area contributed by atoms with Crippen molar-refractivity contribution in [1.29, 1.82) is 5.26 Å². The van der Waals surface area contributed by atoms with Gasteiger partial charge in [0.05, 0.1) is 11.1 Å². The van der Waals surface area contributed by atoms with Crippen LogP contribution in [0.3, 0.4) is 0 Å². The Balaban J connectivity index is 2.32. The maximum absolute atomic E-state index is 10.8. The predicted octanol–water partition coefficient (Wildman–Crippen LogP) is 2.63. The molecule has 0 atom stereocenters. The van der Waals surface area contributed by atoms with Gasteiger partial charge >= 0.3 is 5.97 Å². The number of anilines is 1. The third-order valence-corrected chi connectivity index (χ3v) is 2.49. The van der Waals surface area contributed by atoms with E-state index in [-0.39, 0.29) is 11.3 Å². The minimum Gasteiger partial charge on any atom is -0.478 e. The Kier molecular flexibility index (Phi) is 3.35. The standard InChI is InChI=1S/C14H10N2O3/c15-8-9-3-1-2-4-13(9)19-10-5-6-11(14(17)18)12(16)7-10/h1-7H,16H2,(H,17,18). The molecule has 5 nitrogen and oxygen atoms in total. The zero-order chi connectivity index (χ0) is 13.8. The molecule has 5 heteroatoms. The van der Waals surface area contributed by atoms with E-state index in [1.807, 2.05) is 6.07 Å². The number of hydrogen-bond acceptors (Lipinski definition) is 4. The topological polar surface area (TPSA) is 96.3 Å². The van der Waals surface area contributed by atoms with Crippen molar-refractivity contribution >= 4 is 11.7 Å². The molecule has 0 radical (unpaired) electrons. The minimum atomic E-state index is -1.10. The van der Waals surface area contributed by atoms with E-state index in [2.05, 4.69) is 0 Å². The van der Waals surface area contributed by atoms with Gasteiger partial charge in [-0.3, -0.25) is 0 Å². The van der Waals surface area contributed by atoms with Crippen LogP contribution in [0.25, 0.3) is 0 Å². The minimum absolute atomic E-state index is 0.0147. The summed E-state index contributed by atoms with van der Waals surface area (Å²) in [6, 6.07) is 13.0. The average molecular weight is 254 g/mol. The van der Waals surface area contributed by atoms with Crippen molar-refractivity contribution in [3.8, 4) is 17.6 Å². The Morgan fingerprint density at radius 1 is 1.26 bits per heavy atom. The molecule has 0 unspecified atom stereocenters. The van der Waals surface area contributed by atoms with Gasteiger partial charge in [-0.1, -0.05) is 12.1 Å². The second-order valence-electron chi connectivity index (χ2n) is 3.76. The molecule has 0 saturated carbocycles. The Hall–Kier alpha value is -3.00. The molecule has 0 fully saturated rings. The van der Waals surface area contributed by atoms with E-state index in [0.29, 0.717) is 17.1 Å². The number of nitrogens with two attached hydrogens (primary N) is 1. The number of ether oxygens (including phenoxy) is 1. The molecule has 0 aliphatic heterocycles. The molecule has 0 saturated heterocycles. The number of carboxylic acid groups (broad SMARTS) is 1. The van der Waals surface area contributed by atoms with Gasteiger partial charge in [0.1, 0.15) is 17.6 Å². The summed E-state index contributed by atoms with van der Waals surface area (Å²) in [7, 11) is 0. The monoisotopic (exact) mass is 254 g/mol. The number of nitrogens with zero attached hydrogens (tertiary/aromatic N) is 1. The maximum atomic E-state index is 10.8. The molecular weight excluding hydrogens is 244 g/mol. The van der Waals surface area contributed by atoms with E-state index in [1.165, 1.54) is 18.2 Å². The molecule has 0 spiro atoms. The lowest BCUT2D eigenvalue weighted by molar-refractivity contribution is 0.0698. The van der Waals surface area contributed by atoms with Crippen LogP contribution in [0.5, 0.6) is 11.5 Å². The summed E-state index contributed by atoms with van der Waals surface area (Å²) in [5.74, 6) is -0.320. The van der Waals surface area contributed by atoms with Crippen LogP contribution in [0.2, 0.25) is 0 Å². The zero-order valence-electron chi connectivity index (χ0n) is 9.83. The molecule has 2 aromatic rings. The number of aromatic carboxylic acids is 1. The molecule has 3 N–H and O–H groups in total. The van der Waals surface area contributed by atoms with Crippen LogP contribution < -0.4 is 10.5 Å². The molecule has 2 aromatic carbocycles. The van der Waals surface area contributed by atoms with E-state index in [1.54, 1.807) is 24.3 Å². The van der Waals surface area contributed by atoms with E-state index in [0.717, 1.165) is 0 Å². The van der Waals surface area contributed by atoms with Crippen LogP contribution in [-0.4, -0.2) is 11.1 Å². The van der Waals surface area contributed by atoms with Gasteiger partial charge in [0.15, 0.2) is 0 Å². The summed E-state index contributed by atoms with van der Waals surface area (Å²) in [5, 5.41) is 17.8. The first kappa shape index (κ1) is 12.5. The van der Waals surface area contributed by atoms with Crippen molar-refractivity contribution in [3.63, 3.8) is 0 Å². The summed E-state index contributed by atoms with van der Waals surface area (Å²) < 4.78 is 5.52. The fourth-order valence-corrected chi connectivity index (χ4v) is 1.57. The lowest BCUT2D eigenvalue weighted by Gasteiger charge is -2.08. The molecule has 2 rings (SSSR count). The van der Waals surface area contributed by atoms with Crippen molar-refractivity contribution in [2.24, 2.45) is 0 Å². The quantitative estimate of drug-likeness (QED) is 0.820. The SMILES string of the molecule is N#Cc1ccccc1Oc1ccc(C(=O)O)c(N)c1. The van der Waals surface area contributed by atoms with Gasteiger partial charge in [-0.25, -0.2) is 4.79 Å². The number of carbonyl (C=O) groups is 1. The highest BCUT2D eigenvalue weighted by atomic mass is 16.5. The van der Waals surface area contributed by atoms with E-state index in [9.17, 15) is 4.79 Å². The van der Waals surface area contributed by atoms with Gasteiger partial charge in [0, 0.05) is 11.8 Å². The first-order valence-corrected chi connectivity index (χ1v) is 5.41. The number of hydrogen-bond donors (Lipinski definition) is 2. The summed E-state index contributed by atoms with van der Waals surface area (Å²) in [6.07, 6.45) is 0. The Labute approximate surface area is 109 Å². The number of rotatable bonds is 3. The first-order valence-electron chi connectivity index (χ1n) is 5.41. The summed E-state index contributed by atoms with van der Waals surface area (Å²) in [5.41, 5.74) is 6.14. The lowest BCUT2D eigenvalue weighted by atomic mass is 10.1. The van der Waals surface area contributed by atoms with Gasteiger partial charge in [0.2, 0.25) is 0 Å². The van der Waals surface area contributed by atoms with E-state index in [4.69, 9.17) is 20.8 Å². The highest BCUT2D eigenvalue weighted by Gasteiger charge is 2.10. The predicted molar refractivity (Wildman–Crippen MR) is 69.0 cm³/mol. The van der Waals surface area contributed by atoms with Crippen LogP contribution in [0.15, 0.2) is 42.5 Å². The molecule has 0 aliphatic rings. The number of nitriles is 1. The van der Waals surface area contributed by atoms with Crippen LogP contribution in [0, 0.1) is 11.3 Å². The van der Waals surface area contributed by atoms with E-state index >= 15 is 0 Å². The molecule has 0 aliphatic carbocycles. The zero-order valence-corrected chi connectivity index (χ0v) is 9.83. The van der Waals surface area contributed by atoms with Gasteiger partial charge in [-0.15, -0.1) is 0 Å². The highest BCUT2D eigenvalue weighted by molar-refractivity contribution is 5.93. The fraction of sp³-hybridized carbons (Fsp3) is 0. The van der Waals surface area contributed by atoms with Crippen molar-refractivity contribution in [1.82, 2.24) is 0 Å². The number of carboxylic acids is 1. The van der Waals surface area contributed by atoms with Crippen molar-refractivity contribution in [2.45, 2.75) is 0 Å². The van der Waals surface area contributed by atoms with E-state index < -0.39 is 5.97 Å². The second kappa shape index (κ2) is 5.10. The summed E-state index contributed by atoms with van der Waals surface area (Å²) in [4.78, 5) is 10.8. The molecule has 0 bridgehead atoms. The Bertz CT molecular complexity index is 675. The van der Waals surface area contributed by atoms with Crippen molar-refractivity contribution in [3.05, 3.63) is 53.6 Å². The number of para-hydroxylation sites is 1. The molecule has 0 heterocycles. The third-order valence-electron chi connectivity index (χ3n) is 2.49. The highest BCUT2D eigenvalue weighted by Crippen LogP contribution is 2.27. The number of benzene rings is 2. The molecule has 94 valence electrons. The smallest absolute Gasteiger partial charge is 0.337 e. The third kappa shape index (κ3) is 2.64.